The molecular formula is C13H17NO3. The highest BCUT2D eigenvalue weighted by Gasteiger charge is 2.37. The number of hydrogen-bond acceptors (Lipinski definition) is 4. The predicted octanol–water partition coefficient (Wildman–Crippen LogP) is 2.06. The van der Waals surface area contributed by atoms with E-state index in [1.807, 2.05) is 24.3 Å². The van der Waals surface area contributed by atoms with Gasteiger partial charge in [0.1, 0.15) is 11.8 Å². The van der Waals surface area contributed by atoms with Crippen LogP contribution in [-0.2, 0) is 9.53 Å². The van der Waals surface area contributed by atoms with Crippen molar-refractivity contribution in [2.45, 2.75) is 18.9 Å². The Balaban J connectivity index is 2.14. The van der Waals surface area contributed by atoms with E-state index in [1.165, 1.54) is 7.11 Å². The van der Waals surface area contributed by atoms with Gasteiger partial charge in [-0.25, -0.2) is 4.79 Å². The molecule has 1 saturated carbocycles. The lowest BCUT2D eigenvalue weighted by Gasteiger charge is -2.18. The van der Waals surface area contributed by atoms with Crippen LogP contribution < -0.4 is 10.1 Å². The number of esters is 1. The highest BCUT2D eigenvalue weighted by molar-refractivity contribution is 5.80. The summed E-state index contributed by atoms with van der Waals surface area (Å²) in [6, 6.07) is 7.30. The van der Waals surface area contributed by atoms with Gasteiger partial charge in [0.05, 0.1) is 19.9 Å². The molecule has 0 saturated heterocycles. The summed E-state index contributed by atoms with van der Waals surface area (Å²) >= 11 is 0. The molecule has 1 N–H and O–H groups in total. The second-order valence-corrected chi connectivity index (χ2v) is 4.18. The summed E-state index contributed by atoms with van der Waals surface area (Å²) in [6.45, 7) is 0. The standard InChI is InChI=1S/C13H17NO3/c1-16-11-6-4-3-5-10(11)14-12(9-7-8-9)13(15)17-2/h3-6,9,12,14H,7-8H2,1-2H3. The SMILES string of the molecule is COC(=O)C(Nc1ccccc1OC)C1CC1. The number of rotatable bonds is 5. The van der Waals surface area contributed by atoms with Gasteiger partial charge in [-0.2, -0.15) is 0 Å². The van der Waals surface area contributed by atoms with Gasteiger partial charge in [0.2, 0.25) is 0 Å². The lowest BCUT2D eigenvalue weighted by molar-refractivity contribution is -0.142. The lowest BCUT2D eigenvalue weighted by Crippen LogP contribution is -2.32. The van der Waals surface area contributed by atoms with Crippen molar-refractivity contribution in [2.24, 2.45) is 5.92 Å². The smallest absolute Gasteiger partial charge is 0.328 e. The van der Waals surface area contributed by atoms with Crippen LogP contribution in [0.15, 0.2) is 24.3 Å². The molecule has 1 atom stereocenters. The molecule has 4 heteroatoms. The largest absolute Gasteiger partial charge is 0.495 e. The molecule has 1 aromatic rings. The van der Waals surface area contributed by atoms with Gasteiger partial charge >= 0.3 is 5.97 Å². The molecule has 4 nitrogen and oxygen atoms in total. The predicted molar refractivity (Wildman–Crippen MR) is 65.1 cm³/mol. The normalized spacial score (nSPS) is 16.1. The van der Waals surface area contributed by atoms with E-state index in [4.69, 9.17) is 9.47 Å². The van der Waals surface area contributed by atoms with Crippen LogP contribution in [-0.4, -0.2) is 26.2 Å². The number of nitrogens with one attached hydrogen (secondary N) is 1. The molecule has 1 aromatic carbocycles. The zero-order chi connectivity index (χ0) is 12.3. The number of methoxy groups -OCH3 is 2. The van der Waals surface area contributed by atoms with Crippen molar-refractivity contribution in [1.29, 1.82) is 0 Å². The Bertz CT molecular complexity index is 401. The Hall–Kier alpha value is -1.71. The average molecular weight is 235 g/mol. The first-order chi connectivity index (χ1) is 8.26. The zero-order valence-corrected chi connectivity index (χ0v) is 10.1. The van der Waals surface area contributed by atoms with Crippen molar-refractivity contribution in [3.8, 4) is 5.75 Å². The van der Waals surface area contributed by atoms with E-state index < -0.39 is 0 Å². The fraction of sp³-hybridized carbons (Fsp3) is 0.462. The van der Waals surface area contributed by atoms with Crippen molar-refractivity contribution in [3.63, 3.8) is 0 Å². The highest BCUT2D eigenvalue weighted by atomic mass is 16.5. The summed E-state index contributed by atoms with van der Waals surface area (Å²) in [6.07, 6.45) is 2.14. The van der Waals surface area contributed by atoms with E-state index >= 15 is 0 Å². The van der Waals surface area contributed by atoms with Crippen molar-refractivity contribution in [2.75, 3.05) is 19.5 Å². The van der Waals surface area contributed by atoms with Crippen LogP contribution in [0.1, 0.15) is 12.8 Å². The molecule has 0 aliphatic heterocycles. The summed E-state index contributed by atoms with van der Waals surface area (Å²) in [5.41, 5.74) is 0.831. The van der Waals surface area contributed by atoms with Crippen LogP contribution in [0.2, 0.25) is 0 Å². The van der Waals surface area contributed by atoms with Crippen LogP contribution >= 0.6 is 0 Å². The molecular weight excluding hydrogens is 218 g/mol. The maximum absolute atomic E-state index is 11.7. The van der Waals surface area contributed by atoms with E-state index in [0.717, 1.165) is 24.3 Å². The first kappa shape index (κ1) is 11.8. The van der Waals surface area contributed by atoms with Crippen LogP contribution in [0.4, 0.5) is 5.69 Å². The van der Waals surface area contributed by atoms with Gasteiger partial charge in [-0.1, -0.05) is 12.1 Å². The third-order valence-electron chi connectivity index (χ3n) is 2.97. The third-order valence-corrected chi connectivity index (χ3v) is 2.97. The van der Waals surface area contributed by atoms with Gasteiger partial charge in [-0.15, -0.1) is 0 Å². The lowest BCUT2D eigenvalue weighted by atomic mass is 10.1. The summed E-state index contributed by atoms with van der Waals surface area (Å²) in [5.74, 6) is 0.910. The molecule has 1 aliphatic rings. The molecule has 0 aromatic heterocycles. The maximum atomic E-state index is 11.7. The van der Waals surface area contributed by atoms with E-state index in [0.29, 0.717) is 5.92 Å². The van der Waals surface area contributed by atoms with E-state index in [-0.39, 0.29) is 12.0 Å². The molecule has 17 heavy (non-hydrogen) atoms. The molecule has 0 spiro atoms. The quantitative estimate of drug-likeness (QED) is 0.793. The van der Waals surface area contributed by atoms with Crippen LogP contribution in [0.3, 0.4) is 0 Å². The molecule has 2 rings (SSSR count). The van der Waals surface area contributed by atoms with Crippen molar-refractivity contribution in [1.82, 2.24) is 0 Å². The summed E-state index contributed by atoms with van der Waals surface area (Å²) < 4.78 is 10.1. The van der Waals surface area contributed by atoms with Crippen molar-refractivity contribution in [3.05, 3.63) is 24.3 Å². The highest BCUT2D eigenvalue weighted by Crippen LogP contribution is 2.36. The number of carbonyl (C=O) groups is 1. The van der Waals surface area contributed by atoms with Gasteiger partial charge in [0.15, 0.2) is 0 Å². The molecule has 0 amide bonds. The number of hydrogen-bond donors (Lipinski definition) is 1. The Morgan fingerprint density at radius 3 is 2.65 bits per heavy atom. The van der Waals surface area contributed by atoms with E-state index in [1.54, 1.807) is 7.11 Å². The molecule has 0 heterocycles. The van der Waals surface area contributed by atoms with Gasteiger partial charge in [0.25, 0.3) is 0 Å². The molecule has 92 valence electrons. The van der Waals surface area contributed by atoms with E-state index in [2.05, 4.69) is 5.32 Å². The van der Waals surface area contributed by atoms with E-state index in [9.17, 15) is 4.79 Å². The molecule has 1 unspecified atom stereocenters. The topological polar surface area (TPSA) is 47.6 Å². The molecule has 1 fully saturated rings. The van der Waals surface area contributed by atoms with Crippen molar-refractivity contribution >= 4 is 11.7 Å². The third kappa shape index (κ3) is 2.70. The molecule has 0 radical (unpaired) electrons. The fourth-order valence-corrected chi connectivity index (χ4v) is 1.86. The number of carbonyl (C=O) groups excluding carboxylic acids is 1. The van der Waals surface area contributed by atoms with Gasteiger partial charge in [0, 0.05) is 0 Å². The maximum Gasteiger partial charge on any atom is 0.328 e. The minimum absolute atomic E-state index is 0.210. The van der Waals surface area contributed by atoms with Gasteiger partial charge in [-0.05, 0) is 30.9 Å². The number of para-hydroxylation sites is 2. The van der Waals surface area contributed by atoms with Crippen LogP contribution in [0, 0.1) is 5.92 Å². The fourth-order valence-electron chi connectivity index (χ4n) is 1.86. The molecule has 0 bridgehead atoms. The minimum Gasteiger partial charge on any atom is -0.495 e. The second-order valence-electron chi connectivity index (χ2n) is 4.18. The zero-order valence-electron chi connectivity index (χ0n) is 10.1. The van der Waals surface area contributed by atoms with Gasteiger partial charge in [-0.3, -0.25) is 0 Å². The van der Waals surface area contributed by atoms with Crippen LogP contribution in [0.25, 0.3) is 0 Å². The van der Waals surface area contributed by atoms with Crippen molar-refractivity contribution < 1.29 is 14.3 Å². The summed E-state index contributed by atoms with van der Waals surface area (Å²) in [7, 11) is 3.03. The number of benzene rings is 1. The Kier molecular flexibility index (Phi) is 3.52. The number of anilines is 1. The summed E-state index contributed by atoms with van der Waals surface area (Å²) in [4.78, 5) is 11.7. The Morgan fingerprint density at radius 1 is 1.35 bits per heavy atom. The Morgan fingerprint density at radius 2 is 2.06 bits per heavy atom. The first-order valence-electron chi connectivity index (χ1n) is 5.73. The monoisotopic (exact) mass is 235 g/mol. The average Bonchev–Trinajstić information content (AvgIpc) is 3.19. The minimum atomic E-state index is -0.267. The van der Waals surface area contributed by atoms with Crippen LogP contribution in [0.5, 0.6) is 5.75 Å². The van der Waals surface area contributed by atoms with Gasteiger partial charge < -0.3 is 14.8 Å². The molecule has 1 aliphatic carbocycles. The Labute approximate surface area is 101 Å². The first-order valence-corrected chi connectivity index (χ1v) is 5.73. The number of ether oxygens (including phenoxy) is 2. The second kappa shape index (κ2) is 5.08. The summed E-state index contributed by atoms with van der Waals surface area (Å²) in [5, 5.41) is 3.21.